The van der Waals surface area contributed by atoms with Crippen molar-refractivity contribution in [1.82, 2.24) is 4.90 Å². The van der Waals surface area contributed by atoms with Crippen molar-refractivity contribution in [3.63, 3.8) is 0 Å². The van der Waals surface area contributed by atoms with Gasteiger partial charge in [0, 0.05) is 12.6 Å². The maximum atomic E-state index is 11.5. The Labute approximate surface area is 72.2 Å². The molecule has 3 nitrogen and oxygen atoms in total. The molecule has 0 saturated carbocycles. The monoisotopic (exact) mass is 166 g/mol. The molecule has 1 saturated heterocycles. The van der Waals surface area contributed by atoms with Gasteiger partial charge in [-0.3, -0.25) is 4.79 Å². The summed E-state index contributed by atoms with van der Waals surface area (Å²) in [6, 6.07) is 0.177. The summed E-state index contributed by atoms with van der Waals surface area (Å²) in [4.78, 5) is 13.4. The summed E-state index contributed by atoms with van der Waals surface area (Å²) >= 11 is 0. The molecule has 1 heterocycles. The van der Waals surface area contributed by atoms with Gasteiger partial charge in [-0.1, -0.05) is 12.2 Å². The van der Waals surface area contributed by atoms with Crippen LogP contribution in [-0.4, -0.2) is 29.4 Å². The van der Waals surface area contributed by atoms with Gasteiger partial charge < -0.3 is 10.6 Å². The van der Waals surface area contributed by atoms with Crippen molar-refractivity contribution >= 4 is 5.91 Å². The van der Waals surface area contributed by atoms with Crippen LogP contribution in [0.2, 0.25) is 0 Å². The Morgan fingerprint density at radius 2 is 2.08 bits per heavy atom. The number of likely N-dealkylation sites (tertiary alicyclic amines) is 1. The van der Waals surface area contributed by atoms with Crippen LogP contribution in [0.3, 0.4) is 0 Å². The number of amides is 1. The lowest BCUT2D eigenvalue weighted by Gasteiger charge is -2.23. The van der Waals surface area contributed by atoms with Crippen LogP contribution in [0.15, 0.2) is 12.2 Å². The molecule has 0 bridgehead atoms. The van der Waals surface area contributed by atoms with Crippen molar-refractivity contribution in [2.24, 2.45) is 5.73 Å². The Morgan fingerprint density at radius 3 is 2.58 bits per heavy atom. The molecule has 1 atom stereocenters. The van der Waals surface area contributed by atoms with Crippen LogP contribution in [-0.2, 0) is 4.79 Å². The quantitative estimate of drug-likeness (QED) is 0.568. The van der Waals surface area contributed by atoms with Crippen LogP contribution in [0.5, 0.6) is 0 Å². The fraction of sp³-hybridized carbons (Fsp3) is 0.667. The van der Waals surface area contributed by atoms with Crippen molar-refractivity contribution < 1.29 is 4.79 Å². The normalized spacial score (nSPS) is 30.6. The molecule has 1 aliphatic carbocycles. The van der Waals surface area contributed by atoms with E-state index in [1.165, 1.54) is 0 Å². The maximum Gasteiger partial charge on any atom is 0.239 e. The third-order valence-electron chi connectivity index (χ3n) is 2.71. The zero-order chi connectivity index (χ0) is 8.55. The van der Waals surface area contributed by atoms with Gasteiger partial charge in [-0.2, -0.15) is 0 Å². The SMILES string of the molecule is NC1CCN(C2CC=CC2)C1=O. The Bertz CT molecular complexity index is 217. The van der Waals surface area contributed by atoms with E-state index < -0.39 is 0 Å². The van der Waals surface area contributed by atoms with Gasteiger partial charge in [0.1, 0.15) is 0 Å². The largest absolute Gasteiger partial charge is 0.338 e. The first-order chi connectivity index (χ1) is 5.79. The minimum Gasteiger partial charge on any atom is -0.338 e. The average Bonchev–Trinajstić information content (AvgIpc) is 2.64. The fourth-order valence-corrected chi connectivity index (χ4v) is 1.94. The highest BCUT2D eigenvalue weighted by Crippen LogP contribution is 2.21. The highest BCUT2D eigenvalue weighted by Gasteiger charge is 2.33. The van der Waals surface area contributed by atoms with Crippen LogP contribution in [0.4, 0.5) is 0 Å². The molecule has 0 radical (unpaired) electrons. The number of nitrogens with zero attached hydrogens (tertiary/aromatic N) is 1. The van der Waals surface area contributed by atoms with E-state index in [9.17, 15) is 4.79 Å². The van der Waals surface area contributed by atoms with E-state index in [2.05, 4.69) is 12.2 Å². The molecule has 2 rings (SSSR count). The zero-order valence-electron chi connectivity index (χ0n) is 7.07. The van der Waals surface area contributed by atoms with E-state index in [0.717, 1.165) is 25.8 Å². The van der Waals surface area contributed by atoms with E-state index in [-0.39, 0.29) is 11.9 Å². The van der Waals surface area contributed by atoms with Gasteiger partial charge in [-0.25, -0.2) is 0 Å². The average molecular weight is 166 g/mol. The molecule has 1 unspecified atom stereocenters. The molecule has 2 aliphatic rings. The second kappa shape index (κ2) is 2.90. The second-order valence-corrected chi connectivity index (χ2v) is 3.52. The molecule has 0 spiro atoms. The summed E-state index contributed by atoms with van der Waals surface area (Å²) in [6.07, 6.45) is 7.13. The standard InChI is InChI=1S/C9H14N2O/c10-8-5-6-11(9(8)12)7-3-1-2-4-7/h1-2,7-8H,3-6,10H2. The third-order valence-corrected chi connectivity index (χ3v) is 2.71. The Hall–Kier alpha value is -0.830. The molecule has 12 heavy (non-hydrogen) atoms. The summed E-state index contributed by atoms with van der Waals surface area (Å²) in [5, 5.41) is 0. The van der Waals surface area contributed by atoms with Crippen LogP contribution in [0.25, 0.3) is 0 Å². The summed E-state index contributed by atoms with van der Waals surface area (Å²) in [5.74, 6) is 0.142. The van der Waals surface area contributed by atoms with Gasteiger partial charge in [-0.05, 0) is 19.3 Å². The van der Waals surface area contributed by atoms with Crippen LogP contribution in [0.1, 0.15) is 19.3 Å². The lowest BCUT2D eigenvalue weighted by molar-refractivity contribution is -0.130. The molecule has 1 fully saturated rings. The van der Waals surface area contributed by atoms with E-state index in [4.69, 9.17) is 5.73 Å². The predicted molar refractivity (Wildman–Crippen MR) is 46.5 cm³/mol. The highest BCUT2D eigenvalue weighted by atomic mass is 16.2. The molecule has 0 aromatic rings. The predicted octanol–water partition coefficient (Wildman–Crippen LogP) is 0.265. The van der Waals surface area contributed by atoms with Gasteiger partial charge in [0.25, 0.3) is 0 Å². The number of nitrogens with two attached hydrogens (primary N) is 1. The van der Waals surface area contributed by atoms with Gasteiger partial charge >= 0.3 is 0 Å². The first kappa shape index (κ1) is 7.80. The summed E-state index contributed by atoms with van der Waals surface area (Å²) in [7, 11) is 0. The van der Waals surface area contributed by atoms with Crippen molar-refractivity contribution in [3.8, 4) is 0 Å². The third kappa shape index (κ3) is 1.14. The second-order valence-electron chi connectivity index (χ2n) is 3.52. The first-order valence-electron chi connectivity index (χ1n) is 4.50. The Morgan fingerprint density at radius 1 is 1.42 bits per heavy atom. The Balaban J connectivity index is 2.01. The van der Waals surface area contributed by atoms with Gasteiger partial charge in [0.05, 0.1) is 6.04 Å². The fourth-order valence-electron chi connectivity index (χ4n) is 1.94. The molecule has 1 aliphatic heterocycles. The molecule has 3 heteroatoms. The maximum absolute atomic E-state index is 11.5. The van der Waals surface area contributed by atoms with Gasteiger partial charge in [-0.15, -0.1) is 0 Å². The number of rotatable bonds is 1. The molecule has 0 aromatic heterocycles. The van der Waals surface area contributed by atoms with E-state index in [1.54, 1.807) is 0 Å². The van der Waals surface area contributed by atoms with E-state index >= 15 is 0 Å². The van der Waals surface area contributed by atoms with Crippen molar-refractivity contribution in [2.75, 3.05) is 6.54 Å². The molecule has 0 aromatic carbocycles. The number of carbonyl (C=O) groups excluding carboxylic acids is 1. The Kier molecular flexibility index (Phi) is 1.89. The number of hydrogen-bond acceptors (Lipinski definition) is 2. The van der Waals surface area contributed by atoms with Gasteiger partial charge in [0.15, 0.2) is 0 Å². The first-order valence-corrected chi connectivity index (χ1v) is 4.50. The minimum absolute atomic E-state index is 0.142. The lowest BCUT2D eigenvalue weighted by atomic mass is 10.2. The van der Waals surface area contributed by atoms with Crippen LogP contribution in [0, 0.1) is 0 Å². The summed E-state index contributed by atoms with van der Waals surface area (Å²) in [5.41, 5.74) is 5.62. The highest BCUT2D eigenvalue weighted by molar-refractivity contribution is 5.84. The molecular weight excluding hydrogens is 152 g/mol. The number of hydrogen-bond donors (Lipinski definition) is 1. The number of carbonyl (C=O) groups is 1. The van der Waals surface area contributed by atoms with Crippen molar-refractivity contribution in [3.05, 3.63) is 12.2 Å². The molecular formula is C9H14N2O. The molecule has 2 N–H and O–H groups in total. The van der Waals surface area contributed by atoms with Crippen molar-refractivity contribution in [1.29, 1.82) is 0 Å². The topological polar surface area (TPSA) is 46.3 Å². The van der Waals surface area contributed by atoms with E-state index in [0.29, 0.717) is 6.04 Å². The molecule has 1 amide bonds. The van der Waals surface area contributed by atoms with Crippen molar-refractivity contribution in [2.45, 2.75) is 31.3 Å². The smallest absolute Gasteiger partial charge is 0.239 e. The van der Waals surface area contributed by atoms with Gasteiger partial charge in [0.2, 0.25) is 5.91 Å². The van der Waals surface area contributed by atoms with E-state index in [1.807, 2.05) is 4.90 Å². The minimum atomic E-state index is -0.231. The zero-order valence-corrected chi connectivity index (χ0v) is 7.07. The van der Waals surface area contributed by atoms with Crippen LogP contribution >= 0.6 is 0 Å². The summed E-state index contributed by atoms with van der Waals surface area (Å²) in [6.45, 7) is 0.854. The summed E-state index contributed by atoms with van der Waals surface area (Å²) < 4.78 is 0. The molecule has 66 valence electrons. The van der Waals surface area contributed by atoms with Crippen LogP contribution < -0.4 is 5.73 Å². The lowest BCUT2D eigenvalue weighted by Crippen LogP contribution is -2.39.